The van der Waals surface area contributed by atoms with E-state index in [4.69, 9.17) is 4.74 Å². The second-order valence-corrected chi connectivity index (χ2v) is 5.16. The smallest absolute Gasteiger partial charge is 0.308 e. The van der Waals surface area contributed by atoms with Gasteiger partial charge < -0.3 is 14.7 Å². The molecule has 0 radical (unpaired) electrons. The third-order valence-electron chi connectivity index (χ3n) is 3.43. The fourth-order valence-electron chi connectivity index (χ4n) is 2.46. The van der Waals surface area contributed by atoms with E-state index in [1.807, 2.05) is 7.05 Å². The Bertz CT molecular complexity index is 261. The van der Waals surface area contributed by atoms with Crippen molar-refractivity contribution in [1.82, 2.24) is 9.80 Å². The molecule has 0 amide bonds. The molecule has 0 aromatic rings. The van der Waals surface area contributed by atoms with Crippen LogP contribution in [0.4, 0.5) is 0 Å². The highest BCUT2D eigenvalue weighted by Gasteiger charge is 2.23. The van der Waals surface area contributed by atoms with Crippen LogP contribution in [0.2, 0.25) is 0 Å². The molecule has 0 aliphatic carbocycles. The number of esters is 1. The van der Waals surface area contributed by atoms with Crippen molar-refractivity contribution in [3.8, 4) is 0 Å². The maximum atomic E-state index is 11.3. The summed E-state index contributed by atoms with van der Waals surface area (Å²) in [6.07, 6.45) is 1.80. The molecule has 1 N–H and O–H groups in total. The Morgan fingerprint density at radius 2 is 2.33 bits per heavy atom. The van der Waals surface area contributed by atoms with Gasteiger partial charge in [-0.15, -0.1) is 0 Å². The molecule has 0 saturated carbocycles. The monoisotopic (exact) mass is 258 g/mol. The summed E-state index contributed by atoms with van der Waals surface area (Å²) in [6, 6.07) is 0.473. The topological polar surface area (TPSA) is 53.0 Å². The van der Waals surface area contributed by atoms with E-state index in [-0.39, 0.29) is 12.4 Å². The molecule has 0 aromatic carbocycles. The van der Waals surface area contributed by atoms with Crippen LogP contribution < -0.4 is 0 Å². The molecular weight excluding hydrogens is 232 g/mol. The van der Waals surface area contributed by atoms with Crippen LogP contribution in [0.1, 0.15) is 26.2 Å². The summed E-state index contributed by atoms with van der Waals surface area (Å²) in [5.41, 5.74) is 0. The molecule has 106 valence electrons. The van der Waals surface area contributed by atoms with Crippen LogP contribution in [0.15, 0.2) is 0 Å². The Morgan fingerprint density at radius 3 is 2.94 bits per heavy atom. The van der Waals surface area contributed by atoms with E-state index in [9.17, 15) is 9.90 Å². The van der Waals surface area contributed by atoms with Crippen LogP contribution in [0.3, 0.4) is 0 Å². The number of piperidine rings is 1. The van der Waals surface area contributed by atoms with Gasteiger partial charge >= 0.3 is 5.97 Å². The van der Waals surface area contributed by atoms with E-state index < -0.39 is 6.10 Å². The minimum absolute atomic E-state index is 0.0841. The van der Waals surface area contributed by atoms with Crippen molar-refractivity contribution in [2.24, 2.45) is 0 Å². The van der Waals surface area contributed by atoms with E-state index in [2.05, 4.69) is 16.8 Å². The Morgan fingerprint density at radius 1 is 1.61 bits per heavy atom. The first-order chi connectivity index (χ1) is 8.52. The number of carbonyl (C=O) groups is 1. The summed E-state index contributed by atoms with van der Waals surface area (Å²) in [4.78, 5) is 15.7. The molecule has 0 spiro atoms. The number of hydrogen-bond acceptors (Lipinski definition) is 5. The second kappa shape index (κ2) is 7.71. The lowest BCUT2D eigenvalue weighted by atomic mass is 10.0. The normalized spacial score (nSPS) is 23.1. The first-order valence-electron chi connectivity index (χ1n) is 6.75. The highest BCUT2D eigenvalue weighted by Crippen LogP contribution is 2.14. The molecule has 5 nitrogen and oxygen atoms in total. The van der Waals surface area contributed by atoms with Crippen molar-refractivity contribution >= 4 is 5.97 Å². The van der Waals surface area contributed by atoms with Gasteiger partial charge in [-0.1, -0.05) is 0 Å². The van der Waals surface area contributed by atoms with Crippen molar-refractivity contribution in [3.05, 3.63) is 0 Å². The molecule has 2 unspecified atom stereocenters. The minimum atomic E-state index is -0.638. The zero-order chi connectivity index (χ0) is 13.5. The van der Waals surface area contributed by atoms with Gasteiger partial charge in [0.25, 0.3) is 0 Å². The van der Waals surface area contributed by atoms with Crippen LogP contribution in [0.5, 0.6) is 0 Å². The summed E-state index contributed by atoms with van der Waals surface area (Å²) < 4.78 is 4.83. The Hall–Kier alpha value is -0.650. The number of likely N-dealkylation sites (tertiary alicyclic amines) is 1. The molecule has 0 aromatic heterocycles. The molecule has 1 rings (SSSR count). The number of ether oxygens (including phenoxy) is 1. The van der Waals surface area contributed by atoms with Gasteiger partial charge in [-0.2, -0.15) is 0 Å². The lowest BCUT2D eigenvalue weighted by Crippen LogP contribution is -2.47. The van der Waals surface area contributed by atoms with Gasteiger partial charge in [0.15, 0.2) is 0 Å². The third kappa shape index (κ3) is 5.33. The van der Waals surface area contributed by atoms with Gasteiger partial charge in [-0.25, -0.2) is 0 Å². The van der Waals surface area contributed by atoms with E-state index in [0.717, 1.165) is 19.5 Å². The van der Waals surface area contributed by atoms with Crippen molar-refractivity contribution in [2.45, 2.75) is 38.3 Å². The number of nitrogens with zero attached hydrogens (tertiary/aromatic N) is 2. The number of aliphatic hydroxyl groups excluding tert-OH is 1. The van der Waals surface area contributed by atoms with Crippen LogP contribution in [-0.2, 0) is 9.53 Å². The minimum Gasteiger partial charge on any atom is -0.466 e. The summed E-state index contributed by atoms with van der Waals surface area (Å²) in [6.45, 7) is 4.85. The van der Waals surface area contributed by atoms with Crippen molar-refractivity contribution in [1.29, 1.82) is 0 Å². The molecule has 18 heavy (non-hydrogen) atoms. The standard InChI is InChI=1S/C13H26N2O3/c1-4-18-13(17)8-12(16)10-15(3)11-6-5-7-14(2)9-11/h11-12,16H,4-10H2,1-3H3. The maximum absolute atomic E-state index is 11.3. The molecule has 0 bridgehead atoms. The summed E-state index contributed by atoms with van der Waals surface area (Å²) in [5.74, 6) is -0.320. The average Bonchev–Trinajstić information content (AvgIpc) is 2.28. The van der Waals surface area contributed by atoms with Crippen LogP contribution in [-0.4, -0.2) is 73.4 Å². The SMILES string of the molecule is CCOC(=O)CC(O)CN(C)C1CCCN(C)C1. The molecule has 1 saturated heterocycles. The van der Waals surface area contributed by atoms with E-state index >= 15 is 0 Å². The number of likely N-dealkylation sites (N-methyl/N-ethyl adjacent to an activating group) is 2. The fraction of sp³-hybridized carbons (Fsp3) is 0.923. The van der Waals surface area contributed by atoms with Crippen molar-refractivity contribution < 1.29 is 14.6 Å². The quantitative estimate of drug-likeness (QED) is 0.696. The average molecular weight is 258 g/mol. The molecular formula is C13H26N2O3. The molecule has 1 aliphatic heterocycles. The third-order valence-corrected chi connectivity index (χ3v) is 3.43. The van der Waals surface area contributed by atoms with E-state index in [0.29, 0.717) is 19.2 Å². The van der Waals surface area contributed by atoms with Gasteiger partial charge in [0.05, 0.1) is 19.1 Å². The largest absolute Gasteiger partial charge is 0.466 e. The van der Waals surface area contributed by atoms with Crippen LogP contribution in [0.25, 0.3) is 0 Å². The predicted octanol–water partition coefficient (Wildman–Crippen LogP) is 0.327. The van der Waals surface area contributed by atoms with Gasteiger partial charge in [0, 0.05) is 19.1 Å². The molecule has 2 atom stereocenters. The Labute approximate surface area is 110 Å². The van der Waals surface area contributed by atoms with Gasteiger partial charge in [0.1, 0.15) is 0 Å². The highest BCUT2D eigenvalue weighted by atomic mass is 16.5. The second-order valence-electron chi connectivity index (χ2n) is 5.16. The summed E-state index contributed by atoms with van der Waals surface area (Å²) >= 11 is 0. The van der Waals surface area contributed by atoms with Crippen molar-refractivity contribution in [2.75, 3.05) is 40.3 Å². The summed E-state index contributed by atoms with van der Waals surface area (Å²) in [7, 11) is 4.13. The number of hydrogen-bond donors (Lipinski definition) is 1. The zero-order valence-corrected chi connectivity index (χ0v) is 11.8. The lowest BCUT2D eigenvalue weighted by Gasteiger charge is -2.36. The first-order valence-corrected chi connectivity index (χ1v) is 6.75. The van der Waals surface area contributed by atoms with Crippen LogP contribution in [0, 0.1) is 0 Å². The molecule has 1 aliphatic rings. The lowest BCUT2D eigenvalue weighted by molar-refractivity contribution is -0.145. The molecule has 1 heterocycles. The number of aliphatic hydroxyl groups is 1. The molecule has 5 heteroatoms. The van der Waals surface area contributed by atoms with Gasteiger partial charge in [0.2, 0.25) is 0 Å². The number of rotatable bonds is 6. The van der Waals surface area contributed by atoms with Crippen molar-refractivity contribution in [3.63, 3.8) is 0 Å². The maximum Gasteiger partial charge on any atom is 0.308 e. The zero-order valence-electron chi connectivity index (χ0n) is 11.8. The number of carbonyl (C=O) groups excluding carboxylic acids is 1. The highest BCUT2D eigenvalue weighted by molar-refractivity contribution is 5.69. The predicted molar refractivity (Wildman–Crippen MR) is 70.4 cm³/mol. The first kappa shape index (κ1) is 15.4. The molecule has 1 fully saturated rings. The Kier molecular flexibility index (Phi) is 6.60. The Balaban J connectivity index is 2.29. The van der Waals surface area contributed by atoms with E-state index in [1.165, 1.54) is 6.42 Å². The van der Waals surface area contributed by atoms with Crippen LogP contribution >= 0.6 is 0 Å². The fourth-order valence-corrected chi connectivity index (χ4v) is 2.46. The van der Waals surface area contributed by atoms with Gasteiger partial charge in [-0.05, 0) is 40.4 Å². The van der Waals surface area contributed by atoms with Gasteiger partial charge in [-0.3, -0.25) is 9.69 Å². The van der Waals surface area contributed by atoms with E-state index in [1.54, 1.807) is 6.92 Å². The summed E-state index contributed by atoms with van der Waals surface area (Å²) in [5, 5.41) is 9.86.